The standard InChI is InChI=1S/C11H14FNO/c12-10-3-1-2-8(4-10)9-5-11(7-14)13-6-9/h1-4,9,11,13-14H,5-7H2/t9-,11+/m1/s1. The van der Waals surface area contributed by atoms with Crippen molar-refractivity contribution in [1.82, 2.24) is 5.32 Å². The van der Waals surface area contributed by atoms with Gasteiger partial charge in [0, 0.05) is 12.6 Å². The van der Waals surface area contributed by atoms with Crippen LogP contribution < -0.4 is 5.32 Å². The highest BCUT2D eigenvalue weighted by molar-refractivity contribution is 5.22. The van der Waals surface area contributed by atoms with E-state index in [1.807, 2.05) is 6.07 Å². The summed E-state index contributed by atoms with van der Waals surface area (Å²) in [6.07, 6.45) is 0.889. The molecule has 14 heavy (non-hydrogen) atoms. The third kappa shape index (κ3) is 1.94. The maximum Gasteiger partial charge on any atom is 0.123 e. The lowest BCUT2D eigenvalue weighted by Gasteiger charge is -2.08. The van der Waals surface area contributed by atoms with Crippen molar-refractivity contribution in [3.8, 4) is 0 Å². The Kier molecular flexibility index (Phi) is 2.79. The lowest BCUT2D eigenvalue weighted by Crippen LogP contribution is -2.24. The Bertz CT molecular complexity index is 316. The molecule has 0 saturated carbocycles. The minimum absolute atomic E-state index is 0.159. The van der Waals surface area contributed by atoms with Crippen molar-refractivity contribution in [2.75, 3.05) is 13.2 Å². The van der Waals surface area contributed by atoms with E-state index in [0.29, 0.717) is 5.92 Å². The molecule has 1 aromatic rings. The largest absolute Gasteiger partial charge is 0.395 e. The highest BCUT2D eigenvalue weighted by atomic mass is 19.1. The van der Waals surface area contributed by atoms with Gasteiger partial charge in [0.25, 0.3) is 0 Å². The van der Waals surface area contributed by atoms with E-state index in [2.05, 4.69) is 5.32 Å². The molecule has 2 atom stereocenters. The van der Waals surface area contributed by atoms with Crippen molar-refractivity contribution in [1.29, 1.82) is 0 Å². The highest BCUT2D eigenvalue weighted by Crippen LogP contribution is 2.25. The molecule has 1 saturated heterocycles. The molecule has 0 spiro atoms. The topological polar surface area (TPSA) is 32.3 Å². The first-order chi connectivity index (χ1) is 6.79. The first-order valence-electron chi connectivity index (χ1n) is 4.89. The number of nitrogens with one attached hydrogen (secondary N) is 1. The molecule has 1 heterocycles. The smallest absolute Gasteiger partial charge is 0.123 e. The molecule has 1 aromatic carbocycles. The van der Waals surface area contributed by atoms with Crippen LogP contribution in [-0.4, -0.2) is 24.3 Å². The molecule has 2 rings (SSSR count). The summed E-state index contributed by atoms with van der Waals surface area (Å²) in [5.41, 5.74) is 1.02. The summed E-state index contributed by atoms with van der Waals surface area (Å²) < 4.78 is 12.9. The van der Waals surface area contributed by atoms with Crippen LogP contribution in [0.15, 0.2) is 24.3 Å². The van der Waals surface area contributed by atoms with Gasteiger partial charge in [-0.05, 0) is 30.0 Å². The molecule has 0 amide bonds. The average Bonchev–Trinajstić information content (AvgIpc) is 2.66. The zero-order valence-corrected chi connectivity index (χ0v) is 7.91. The molecule has 1 fully saturated rings. The van der Waals surface area contributed by atoms with Crippen LogP contribution in [0.2, 0.25) is 0 Å². The van der Waals surface area contributed by atoms with Gasteiger partial charge in [-0.25, -0.2) is 4.39 Å². The summed E-state index contributed by atoms with van der Waals surface area (Å²) in [5.74, 6) is 0.151. The van der Waals surface area contributed by atoms with Crippen molar-refractivity contribution in [2.24, 2.45) is 0 Å². The van der Waals surface area contributed by atoms with Gasteiger partial charge < -0.3 is 10.4 Å². The molecule has 0 unspecified atom stereocenters. The van der Waals surface area contributed by atoms with E-state index >= 15 is 0 Å². The normalized spacial score (nSPS) is 26.7. The molecule has 1 aliphatic heterocycles. The fourth-order valence-electron chi connectivity index (χ4n) is 1.97. The van der Waals surface area contributed by atoms with E-state index in [9.17, 15) is 4.39 Å². The molecule has 2 N–H and O–H groups in total. The Morgan fingerprint density at radius 2 is 2.36 bits per heavy atom. The van der Waals surface area contributed by atoms with Crippen LogP contribution in [0.1, 0.15) is 17.9 Å². The molecule has 3 heteroatoms. The van der Waals surface area contributed by atoms with E-state index in [1.54, 1.807) is 12.1 Å². The van der Waals surface area contributed by atoms with Gasteiger partial charge in [-0.1, -0.05) is 12.1 Å². The number of benzene rings is 1. The van der Waals surface area contributed by atoms with E-state index in [-0.39, 0.29) is 18.5 Å². The van der Waals surface area contributed by atoms with E-state index < -0.39 is 0 Å². The van der Waals surface area contributed by atoms with Gasteiger partial charge in [0.15, 0.2) is 0 Å². The lowest BCUT2D eigenvalue weighted by molar-refractivity contribution is 0.254. The van der Waals surface area contributed by atoms with Crippen LogP contribution in [0, 0.1) is 5.82 Å². The quantitative estimate of drug-likeness (QED) is 0.744. The maximum absolute atomic E-state index is 12.9. The molecular weight excluding hydrogens is 181 g/mol. The molecule has 1 aliphatic rings. The summed E-state index contributed by atoms with van der Waals surface area (Å²) in [6, 6.07) is 6.87. The molecule has 0 radical (unpaired) electrons. The number of halogens is 1. The number of aliphatic hydroxyl groups excluding tert-OH is 1. The van der Waals surface area contributed by atoms with E-state index in [1.165, 1.54) is 6.07 Å². The number of hydrogen-bond acceptors (Lipinski definition) is 2. The SMILES string of the molecule is OC[C@@H]1C[C@@H](c2cccc(F)c2)CN1. The predicted octanol–water partition coefficient (Wildman–Crippen LogP) is 1.26. The van der Waals surface area contributed by atoms with Gasteiger partial charge in [-0.3, -0.25) is 0 Å². The fourth-order valence-corrected chi connectivity index (χ4v) is 1.97. The Morgan fingerprint density at radius 3 is 3.00 bits per heavy atom. The molecule has 0 aliphatic carbocycles. The highest BCUT2D eigenvalue weighted by Gasteiger charge is 2.24. The van der Waals surface area contributed by atoms with Crippen LogP contribution in [-0.2, 0) is 0 Å². The number of rotatable bonds is 2. The third-order valence-corrected chi connectivity index (χ3v) is 2.76. The van der Waals surface area contributed by atoms with Crippen molar-refractivity contribution >= 4 is 0 Å². The monoisotopic (exact) mass is 195 g/mol. The first kappa shape index (κ1) is 9.62. The van der Waals surface area contributed by atoms with Crippen LogP contribution in [0.3, 0.4) is 0 Å². The van der Waals surface area contributed by atoms with Crippen LogP contribution in [0.5, 0.6) is 0 Å². The summed E-state index contributed by atoms with van der Waals surface area (Å²) in [4.78, 5) is 0. The van der Waals surface area contributed by atoms with Crippen molar-refractivity contribution < 1.29 is 9.50 Å². The van der Waals surface area contributed by atoms with Crippen LogP contribution >= 0.6 is 0 Å². The fraction of sp³-hybridized carbons (Fsp3) is 0.455. The van der Waals surface area contributed by atoms with Crippen LogP contribution in [0.4, 0.5) is 4.39 Å². The van der Waals surface area contributed by atoms with Crippen molar-refractivity contribution in [2.45, 2.75) is 18.4 Å². The zero-order valence-electron chi connectivity index (χ0n) is 7.91. The lowest BCUT2D eigenvalue weighted by atomic mass is 9.96. The van der Waals surface area contributed by atoms with E-state index in [0.717, 1.165) is 18.5 Å². The van der Waals surface area contributed by atoms with Crippen molar-refractivity contribution in [3.05, 3.63) is 35.6 Å². The molecule has 0 bridgehead atoms. The predicted molar refractivity (Wildman–Crippen MR) is 52.6 cm³/mol. The van der Waals surface area contributed by atoms with E-state index in [4.69, 9.17) is 5.11 Å². The molecule has 0 aromatic heterocycles. The number of aliphatic hydroxyl groups is 1. The summed E-state index contributed by atoms with van der Waals surface area (Å²) in [5, 5.41) is 12.2. The van der Waals surface area contributed by atoms with Crippen molar-refractivity contribution in [3.63, 3.8) is 0 Å². The Hall–Kier alpha value is -0.930. The van der Waals surface area contributed by atoms with Crippen LogP contribution in [0.25, 0.3) is 0 Å². The molecule has 2 nitrogen and oxygen atoms in total. The summed E-state index contributed by atoms with van der Waals surface area (Å²) in [7, 11) is 0. The average molecular weight is 195 g/mol. The first-order valence-corrected chi connectivity index (χ1v) is 4.89. The molecule has 76 valence electrons. The maximum atomic E-state index is 12.9. The second-order valence-corrected chi connectivity index (χ2v) is 3.78. The third-order valence-electron chi connectivity index (χ3n) is 2.76. The van der Waals surface area contributed by atoms with Gasteiger partial charge in [-0.15, -0.1) is 0 Å². The molecular formula is C11H14FNO. The summed E-state index contributed by atoms with van der Waals surface area (Å²) in [6.45, 7) is 0.987. The van der Waals surface area contributed by atoms with Gasteiger partial charge in [0.2, 0.25) is 0 Å². The Labute approximate surface area is 82.8 Å². The van der Waals surface area contributed by atoms with Gasteiger partial charge in [0.1, 0.15) is 5.82 Å². The second kappa shape index (κ2) is 4.07. The minimum atomic E-state index is -0.185. The Morgan fingerprint density at radius 1 is 1.50 bits per heavy atom. The summed E-state index contributed by atoms with van der Waals surface area (Å²) >= 11 is 0. The second-order valence-electron chi connectivity index (χ2n) is 3.78. The van der Waals surface area contributed by atoms with Gasteiger partial charge in [0.05, 0.1) is 6.61 Å². The number of hydrogen-bond donors (Lipinski definition) is 2. The van der Waals surface area contributed by atoms with Gasteiger partial charge in [-0.2, -0.15) is 0 Å². The minimum Gasteiger partial charge on any atom is -0.395 e. The zero-order chi connectivity index (χ0) is 9.97. The van der Waals surface area contributed by atoms with Gasteiger partial charge >= 0.3 is 0 Å². The Balaban J connectivity index is 2.09.